The molecule has 2 aliphatic rings. The van der Waals surface area contributed by atoms with Crippen molar-refractivity contribution < 1.29 is 19.0 Å². The van der Waals surface area contributed by atoms with E-state index in [1.807, 2.05) is 23.1 Å². The van der Waals surface area contributed by atoms with Crippen LogP contribution >= 0.6 is 0 Å². The van der Waals surface area contributed by atoms with Gasteiger partial charge in [-0.25, -0.2) is 4.39 Å². The predicted octanol–water partition coefficient (Wildman–Crippen LogP) is 0.972. The number of hydrogen-bond donors (Lipinski definition) is 1. The van der Waals surface area contributed by atoms with Crippen LogP contribution in [-0.2, 0) is 6.54 Å². The monoisotopic (exact) mass is 253 g/mol. The summed E-state index contributed by atoms with van der Waals surface area (Å²) in [6, 6.07) is 5.75. The molecule has 1 fully saturated rings. The number of rotatable bonds is 2. The highest BCUT2D eigenvalue weighted by atomic mass is 19.1. The zero-order valence-corrected chi connectivity index (χ0v) is 10.0. The first-order chi connectivity index (χ1) is 8.72. The molecular weight excluding hydrogens is 237 g/mol. The van der Waals surface area contributed by atoms with E-state index in [-0.39, 0.29) is 6.54 Å². The Balaban J connectivity index is 1.70. The summed E-state index contributed by atoms with van der Waals surface area (Å²) in [5.41, 5.74) is 1.04. The van der Waals surface area contributed by atoms with Crippen molar-refractivity contribution in [1.82, 2.24) is 4.90 Å². The van der Waals surface area contributed by atoms with Gasteiger partial charge >= 0.3 is 0 Å². The van der Waals surface area contributed by atoms with Gasteiger partial charge in [0, 0.05) is 19.6 Å². The van der Waals surface area contributed by atoms with E-state index in [0.29, 0.717) is 26.3 Å². The molecule has 1 N–H and O–H groups in total. The van der Waals surface area contributed by atoms with Crippen molar-refractivity contribution in [3.05, 3.63) is 23.8 Å². The lowest BCUT2D eigenvalue weighted by Gasteiger charge is -2.20. The summed E-state index contributed by atoms with van der Waals surface area (Å²) >= 11 is 0. The molecule has 0 aliphatic carbocycles. The first-order valence-electron chi connectivity index (χ1n) is 6.15. The summed E-state index contributed by atoms with van der Waals surface area (Å²) in [5, 5.41) is 9.38. The van der Waals surface area contributed by atoms with Crippen LogP contribution in [0.15, 0.2) is 18.2 Å². The second-order valence-electron chi connectivity index (χ2n) is 4.76. The number of β-amino-alcohol motifs (C(OH)–C–C–N with tert-alkyl or cyclic N) is 1. The lowest BCUT2D eigenvalue weighted by molar-refractivity contribution is 0.115. The number of benzene rings is 1. The molecular formula is C13H16FNO3. The molecule has 0 bridgehead atoms. The summed E-state index contributed by atoms with van der Waals surface area (Å²) in [7, 11) is 0. The standard InChI is InChI=1S/C13H16FNO3/c14-10-7-15(8-11(10)16)6-9-1-2-12-13(5-9)18-4-3-17-12/h1-2,5,10-11,16H,3-4,6-8H2/t10-,11-/m1/s1. The Hall–Kier alpha value is -1.33. The fourth-order valence-electron chi connectivity index (χ4n) is 2.40. The van der Waals surface area contributed by atoms with Gasteiger partial charge in [0.05, 0.1) is 6.10 Å². The minimum absolute atomic E-state index is 0.287. The van der Waals surface area contributed by atoms with Crippen molar-refractivity contribution in [1.29, 1.82) is 0 Å². The lowest BCUT2D eigenvalue weighted by atomic mass is 10.2. The zero-order chi connectivity index (χ0) is 12.5. The molecule has 2 aliphatic heterocycles. The third kappa shape index (κ3) is 2.28. The van der Waals surface area contributed by atoms with Crippen LogP contribution in [0.1, 0.15) is 5.56 Å². The Morgan fingerprint density at radius 1 is 1.22 bits per heavy atom. The molecule has 0 unspecified atom stereocenters. The third-order valence-corrected chi connectivity index (χ3v) is 3.31. The Labute approximate surface area is 105 Å². The van der Waals surface area contributed by atoms with Crippen LogP contribution in [-0.4, -0.2) is 48.6 Å². The highest BCUT2D eigenvalue weighted by Gasteiger charge is 2.31. The number of halogens is 1. The minimum atomic E-state index is -1.14. The summed E-state index contributed by atoms with van der Waals surface area (Å²) < 4.78 is 24.2. The summed E-state index contributed by atoms with van der Waals surface area (Å²) in [5.74, 6) is 1.50. The number of likely N-dealkylation sites (tertiary alicyclic amines) is 1. The molecule has 0 saturated carbocycles. The van der Waals surface area contributed by atoms with Gasteiger partial charge in [-0.3, -0.25) is 4.90 Å². The molecule has 2 atom stereocenters. The van der Waals surface area contributed by atoms with Gasteiger partial charge in [-0.05, 0) is 17.7 Å². The highest BCUT2D eigenvalue weighted by Crippen LogP contribution is 2.31. The second kappa shape index (κ2) is 4.74. The third-order valence-electron chi connectivity index (χ3n) is 3.31. The van der Waals surface area contributed by atoms with Crippen LogP contribution in [0.2, 0.25) is 0 Å². The van der Waals surface area contributed by atoms with E-state index in [1.54, 1.807) is 0 Å². The van der Waals surface area contributed by atoms with E-state index in [2.05, 4.69) is 0 Å². The van der Waals surface area contributed by atoms with Gasteiger partial charge in [0.2, 0.25) is 0 Å². The van der Waals surface area contributed by atoms with Crippen molar-refractivity contribution in [3.8, 4) is 11.5 Å². The van der Waals surface area contributed by atoms with E-state index in [1.165, 1.54) is 0 Å². The van der Waals surface area contributed by atoms with Crippen LogP contribution < -0.4 is 9.47 Å². The van der Waals surface area contributed by atoms with E-state index >= 15 is 0 Å². The molecule has 98 valence electrons. The van der Waals surface area contributed by atoms with Gasteiger partial charge in [-0.1, -0.05) is 6.07 Å². The number of aliphatic hydroxyl groups is 1. The molecule has 0 amide bonds. The fraction of sp³-hybridized carbons (Fsp3) is 0.538. The number of nitrogens with zero attached hydrogens (tertiary/aromatic N) is 1. The summed E-state index contributed by atoms with van der Waals surface area (Å²) in [6.07, 6.45) is -2.00. The Kier molecular flexibility index (Phi) is 3.09. The molecule has 18 heavy (non-hydrogen) atoms. The summed E-state index contributed by atoms with van der Waals surface area (Å²) in [4.78, 5) is 1.90. The van der Waals surface area contributed by atoms with Gasteiger partial charge in [0.15, 0.2) is 11.5 Å². The molecule has 1 aromatic carbocycles. The minimum Gasteiger partial charge on any atom is -0.486 e. The van der Waals surface area contributed by atoms with Crippen LogP contribution in [0.5, 0.6) is 11.5 Å². The molecule has 0 aromatic heterocycles. The van der Waals surface area contributed by atoms with Gasteiger partial charge in [0.25, 0.3) is 0 Å². The average Bonchev–Trinajstić information content (AvgIpc) is 2.68. The topological polar surface area (TPSA) is 41.9 Å². The molecule has 1 saturated heterocycles. The van der Waals surface area contributed by atoms with E-state index in [4.69, 9.17) is 9.47 Å². The molecule has 3 rings (SSSR count). The van der Waals surface area contributed by atoms with Crippen molar-refractivity contribution in [2.75, 3.05) is 26.3 Å². The largest absolute Gasteiger partial charge is 0.486 e. The van der Waals surface area contributed by atoms with Gasteiger partial charge in [-0.15, -0.1) is 0 Å². The number of ether oxygens (including phenoxy) is 2. The molecule has 2 heterocycles. The highest BCUT2D eigenvalue weighted by molar-refractivity contribution is 5.43. The van der Waals surface area contributed by atoms with Gasteiger partial charge < -0.3 is 14.6 Å². The molecule has 5 heteroatoms. The molecule has 4 nitrogen and oxygen atoms in total. The Bertz CT molecular complexity index is 430. The molecule has 0 radical (unpaired) electrons. The van der Waals surface area contributed by atoms with E-state index < -0.39 is 12.3 Å². The van der Waals surface area contributed by atoms with Crippen LogP contribution in [0, 0.1) is 0 Å². The van der Waals surface area contributed by atoms with Gasteiger partial charge in [-0.2, -0.15) is 0 Å². The Morgan fingerprint density at radius 3 is 2.72 bits per heavy atom. The maximum Gasteiger partial charge on any atom is 0.161 e. The zero-order valence-electron chi connectivity index (χ0n) is 10.0. The predicted molar refractivity (Wildman–Crippen MR) is 63.6 cm³/mol. The molecule has 1 aromatic rings. The van der Waals surface area contributed by atoms with Crippen LogP contribution in [0.3, 0.4) is 0 Å². The van der Waals surface area contributed by atoms with Crippen LogP contribution in [0.4, 0.5) is 4.39 Å². The maximum atomic E-state index is 13.2. The van der Waals surface area contributed by atoms with Crippen molar-refractivity contribution >= 4 is 0 Å². The quantitative estimate of drug-likeness (QED) is 0.853. The van der Waals surface area contributed by atoms with Crippen molar-refractivity contribution in [3.63, 3.8) is 0 Å². The Morgan fingerprint density at radius 2 is 2.00 bits per heavy atom. The first-order valence-corrected chi connectivity index (χ1v) is 6.15. The van der Waals surface area contributed by atoms with E-state index in [0.717, 1.165) is 17.1 Å². The van der Waals surface area contributed by atoms with Crippen molar-refractivity contribution in [2.24, 2.45) is 0 Å². The average molecular weight is 253 g/mol. The number of alkyl halides is 1. The van der Waals surface area contributed by atoms with Crippen LogP contribution in [0.25, 0.3) is 0 Å². The smallest absolute Gasteiger partial charge is 0.161 e. The fourth-order valence-corrected chi connectivity index (χ4v) is 2.40. The number of aliphatic hydroxyl groups excluding tert-OH is 1. The first kappa shape index (κ1) is 11.7. The lowest BCUT2D eigenvalue weighted by Crippen LogP contribution is -2.22. The molecule has 0 spiro atoms. The SMILES string of the molecule is O[C@@H]1CN(Cc2ccc3c(c2)OCCO3)C[C@H]1F. The summed E-state index contributed by atoms with van der Waals surface area (Å²) in [6.45, 7) is 2.43. The second-order valence-corrected chi connectivity index (χ2v) is 4.76. The van der Waals surface area contributed by atoms with E-state index in [9.17, 15) is 9.50 Å². The van der Waals surface area contributed by atoms with Gasteiger partial charge in [0.1, 0.15) is 19.4 Å². The number of hydrogen-bond acceptors (Lipinski definition) is 4. The van der Waals surface area contributed by atoms with Crippen molar-refractivity contribution in [2.45, 2.75) is 18.8 Å². The number of fused-ring (bicyclic) bond motifs is 1. The normalized spacial score (nSPS) is 27.4. The maximum absolute atomic E-state index is 13.2.